The van der Waals surface area contributed by atoms with E-state index in [2.05, 4.69) is 35.0 Å². The van der Waals surface area contributed by atoms with Gasteiger partial charge in [-0.3, -0.25) is 3.97 Å². The standard InChI is InChI=1S/C24H23NO2S/c1-4-10-21-22(18-13-15-19(16-14-18)24(26)27-6-3)17-25(23(21)5-2)28-20-11-8-7-9-12-20/h4-5,7-17H,2,6H2,1,3H3/b10-4-. The van der Waals surface area contributed by atoms with Crippen LogP contribution in [0, 0.1) is 0 Å². The van der Waals surface area contributed by atoms with E-state index >= 15 is 0 Å². The van der Waals surface area contributed by atoms with Gasteiger partial charge in [-0.25, -0.2) is 4.79 Å². The minimum Gasteiger partial charge on any atom is -0.462 e. The maximum Gasteiger partial charge on any atom is 0.338 e. The van der Waals surface area contributed by atoms with E-state index in [0.29, 0.717) is 12.2 Å². The molecule has 2 aromatic carbocycles. The van der Waals surface area contributed by atoms with Gasteiger partial charge in [0.1, 0.15) is 0 Å². The van der Waals surface area contributed by atoms with Crippen molar-refractivity contribution in [3.8, 4) is 11.1 Å². The molecule has 3 aromatic rings. The molecule has 4 heteroatoms. The number of nitrogens with zero attached hydrogens (tertiary/aromatic N) is 1. The molecule has 0 amide bonds. The molecule has 3 nitrogen and oxygen atoms in total. The third kappa shape index (κ3) is 4.29. The number of aromatic nitrogens is 1. The Labute approximate surface area is 170 Å². The van der Waals surface area contributed by atoms with Crippen LogP contribution in [0.25, 0.3) is 23.3 Å². The lowest BCUT2D eigenvalue weighted by molar-refractivity contribution is 0.0526. The van der Waals surface area contributed by atoms with Gasteiger partial charge in [0.05, 0.1) is 17.9 Å². The molecule has 0 saturated carbocycles. The number of allylic oxidation sites excluding steroid dienone is 1. The molecule has 0 atom stereocenters. The number of hydrogen-bond donors (Lipinski definition) is 0. The van der Waals surface area contributed by atoms with E-state index in [1.54, 1.807) is 18.9 Å². The first-order valence-corrected chi connectivity index (χ1v) is 9.96. The first kappa shape index (κ1) is 19.8. The van der Waals surface area contributed by atoms with Crippen LogP contribution in [0.5, 0.6) is 0 Å². The molecular weight excluding hydrogens is 366 g/mol. The van der Waals surface area contributed by atoms with Crippen molar-refractivity contribution in [1.82, 2.24) is 3.97 Å². The Morgan fingerprint density at radius 3 is 2.46 bits per heavy atom. The van der Waals surface area contributed by atoms with Gasteiger partial charge in [-0.2, -0.15) is 0 Å². The van der Waals surface area contributed by atoms with Crippen LogP contribution in [-0.4, -0.2) is 16.5 Å². The number of ether oxygens (including phenoxy) is 1. The summed E-state index contributed by atoms with van der Waals surface area (Å²) >= 11 is 1.65. The summed E-state index contributed by atoms with van der Waals surface area (Å²) in [5.74, 6) is -0.299. The van der Waals surface area contributed by atoms with Crippen molar-refractivity contribution < 1.29 is 9.53 Å². The van der Waals surface area contributed by atoms with Gasteiger partial charge in [-0.05, 0) is 61.7 Å². The molecule has 1 aromatic heterocycles. The van der Waals surface area contributed by atoms with Crippen molar-refractivity contribution >= 4 is 30.1 Å². The van der Waals surface area contributed by atoms with Gasteiger partial charge in [0.25, 0.3) is 0 Å². The van der Waals surface area contributed by atoms with E-state index in [1.807, 2.05) is 61.5 Å². The van der Waals surface area contributed by atoms with Crippen LogP contribution < -0.4 is 0 Å². The van der Waals surface area contributed by atoms with Gasteiger partial charge in [-0.15, -0.1) is 0 Å². The first-order valence-electron chi connectivity index (χ1n) is 9.19. The summed E-state index contributed by atoms with van der Waals surface area (Å²) in [5, 5.41) is 0. The van der Waals surface area contributed by atoms with Crippen LogP contribution in [-0.2, 0) is 4.74 Å². The maximum atomic E-state index is 11.9. The highest BCUT2D eigenvalue weighted by atomic mass is 32.2. The summed E-state index contributed by atoms with van der Waals surface area (Å²) in [6.07, 6.45) is 8.11. The van der Waals surface area contributed by atoms with E-state index in [4.69, 9.17) is 4.74 Å². The Morgan fingerprint density at radius 1 is 1.14 bits per heavy atom. The fraction of sp³-hybridized carbons (Fsp3) is 0.125. The molecule has 142 valence electrons. The second kappa shape index (κ2) is 9.29. The van der Waals surface area contributed by atoms with E-state index in [-0.39, 0.29) is 5.97 Å². The third-order valence-electron chi connectivity index (χ3n) is 4.23. The van der Waals surface area contributed by atoms with E-state index in [9.17, 15) is 4.79 Å². The quantitative estimate of drug-likeness (QED) is 0.429. The zero-order valence-corrected chi connectivity index (χ0v) is 16.9. The molecule has 0 N–H and O–H groups in total. The van der Waals surface area contributed by atoms with Gasteiger partial charge in [0.15, 0.2) is 0 Å². The second-order valence-corrected chi connectivity index (χ2v) is 7.12. The number of hydrogen-bond acceptors (Lipinski definition) is 3. The van der Waals surface area contributed by atoms with E-state index < -0.39 is 0 Å². The molecule has 0 aliphatic heterocycles. The lowest BCUT2D eigenvalue weighted by atomic mass is 10.0. The summed E-state index contributed by atoms with van der Waals surface area (Å²) in [6.45, 7) is 8.19. The lowest BCUT2D eigenvalue weighted by Crippen LogP contribution is -2.03. The van der Waals surface area contributed by atoms with Crippen LogP contribution >= 0.6 is 11.9 Å². The Morgan fingerprint density at radius 2 is 1.86 bits per heavy atom. The van der Waals surface area contributed by atoms with Crippen molar-refractivity contribution in [2.75, 3.05) is 6.61 Å². The number of carbonyl (C=O) groups excluding carboxylic acids is 1. The fourth-order valence-electron chi connectivity index (χ4n) is 2.96. The predicted octanol–water partition coefficient (Wildman–Crippen LogP) is 6.56. The van der Waals surface area contributed by atoms with Gasteiger partial charge in [0.2, 0.25) is 0 Å². The minimum absolute atomic E-state index is 0.299. The van der Waals surface area contributed by atoms with Crippen molar-refractivity contribution in [3.63, 3.8) is 0 Å². The van der Waals surface area contributed by atoms with Crippen LogP contribution in [0.1, 0.15) is 35.5 Å². The molecule has 0 spiro atoms. The largest absolute Gasteiger partial charge is 0.462 e. The van der Waals surface area contributed by atoms with Crippen molar-refractivity contribution in [2.24, 2.45) is 0 Å². The zero-order chi connectivity index (χ0) is 19.9. The average molecular weight is 390 g/mol. The topological polar surface area (TPSA) is 31.2 Å². The minimum atomic E-state index is -0.299. The van der Waals surface area contributed by atoms with E-state index in [1.165, 1.54) is 0 Å². The van der Waals surface area contributed by atoms with Crippen LogP contribution in [0.3, 0.4) is 0 Å². The van der Waals surface area contributed by atoms with E-state index in [0.717, 1.165) is 27.3 Å². The van der Waals surface area contributed by atoms with Crippen molar-refractivity contribution in [3.05, 3.63) is 90.3 Å². The van der Waals surface area contributed by atoms with Crippen LogP contribution in [0.2, 0.25) is 0 Å². The normalized spacial score (nSPS) is 10.9. The molecule has 0 aliphatic rings. The number of esters is 1. The highest BCUT2D eigenvalue weighted by molar-refractivity contribution is 7.97. The summed E-state index contributed by atoms with van der Waals surface area (Å²) < 4.78 is 7.20. The number of benzene rings is 2. The monoisotopic (exact) mass is 389 g/mol. The number of rotatable bonds is 7. The molecule has 3 rings (SSSR count). The second-order valence-electron chi connectivity index (χ2n) is 6.07. The average Bonchev–Trinajstić information content (AvgIpc) is 3.06. The zero-order valence-electron chi connectivity index (χ0n) is 16.1. The summed E-state index contributed by atoms with van der Waals surface area (Å²) in [7, 11) is 0. The Bertz CT molecular complexity index is 985. The molecular formula is C24H23NO2S. The van der Waals surface area contributed by atoms with Crippen molar-refractivity contribution in [2.45, 2.75) is 18.7 Å². The SMILES string of the molecule is C=Cc1c(/C=C\C)c(-c2ccc(C(=O)OCC)cc2)cn1Sc1ccccc1. The van der Waals surface area contributed by atoms with Gasteiger partial charge in [-0.1, -0.05) is 49.1 Å². The molecule has 0 bridgehead atoms. The predicted molar refractivity (Wildman–Crippen MR) is 118 cm³/mol. The van der Waals surface area contributed by atoms with Gasteiger partial charge < -0.3 is 4.74 Å². The third-order valence-corrected chi connectivity index (χ3v) is 5.21. The first-order chi connectivity index (χ1) is 13.7. The summed E-state index contributed by atoms with van der Waals surface area (Å²) in [5.41, 5.74) is 4.82. The molecule has 28 heavy (non-hydrogen) atoms. The van der Waals surface area contributed by atoms with Crippen molar-refractivity contribution in [1.29, 1.82) is 0 Å². The smallest absolute Gasteiger partial charge is 0.338 e. The summed E-state index contributed by atoms with van der Waals surface area (Å²) in [6, 6.07) is 17.8. The molecule has 0 unspecified atom stereocenters. The lowest BCUT2D eigenvalue weighted by Gasteiger charge is -2.05. The fourth-order valence-corrected chi connectivity index (χ4v) is 3.89. The Hall–Kier alpha value is -2.98. The molecule has 0 saturated heterocycles. The summed E-state index contributed by atoms with van der Waals surface area (Å²) in [4.78, 5) is 13.1. The Balaban J connectivity index is 2.02. The Kier molecular flexibility index (Phi) is 6.56. The van der Waals surface area contributed by atoms with Gasteiger partial charge >= 0.3 is 5.97 Å². The molecule has 0 radical (unpaired) electrons. The molecule has 0 fully saturated rings. The van der Waals surface area contributed by atoms with Crippen LogP contribution in [0.15, 0.2) is 78.3 Å². The highest BCUT2D eigenvalue weighted by Crippen LogP contribution is 2.35. The van der Waals surface area contributed by atoms with Crippen LogP contribution in [0.4, 0.5) is 0 Å². The highest BCUT2D eigenvalue weighted by Gasteiger charge is 2.15. The molecule has 1 heterocycles. The molecule has 0 aliphatic carbocycles. The van der Waals surface area contributed by atoms with Gasteiger partial charge in [0, 0.05) is 22.2 Å². The maximum absolute atomic E-state index is 11.9. The number of carbonyl (C=O) groups is 1.